The highest BCUT2D eigenvalue weighted by atomic mass is 35.5. The summed E-state index contributed by atoms with van der Waals surface area (Å²) >= 11 is 18.1. The summed E-state index contributed by atoms with van der Waals surface area (Å²) in [6, 6.07) is 8.96. The average Bonchev–Trinajstić information content (AvgIpc) is 2.54. The van der Waals surface area contributed by atoms with E-state index in [0.29, 0.717) is 33.1 Å². The molecule has 0 aliphatic rings. The highest BCUT2D eigenvalue weighted by molar-refractivity contribution is 6.42. The van der Waals surface area contributed by atoms with Crippen molar-refractivity contribution in [3.8, 4) is 23.8 Å². The quantitative estimate of drug-likeness (QED) is 0.702. The molecule has 23 heavy (non-hydrogen) atoms. The first-order valence-electron chi connectivity index (χ1n) is 6.66. The fraction of sp³-hybridized carbons (Fsp3) is 0.176. The van der Waals surface area contributed by atoms with Crippen molar-refractivity contribution in [2.45, 2.75) is 6.54 Å². The van der Waals surface area contributed by atoms with E-state index in [1.165, 1.54) is 0 Å². The topological polar surface area (TPSA) is 30.5 Å². The Hall–Kier alpha value is -1.73. The van der Waals surface area contributed by atoms with Gasteiger partial charge in [-0.1, -0.05) is 40.7 Å². The van der Waals surface area contributed by atoms with Gasteiger partial charge < -0.3 is 14.8 Å². The molecule has 0 unspecified atom stereocenters. The zero-order valence-corrected chi connectivity index (χ0v) is 14.6. The Bertz CT molecular complexity index is 741. The summed E-state index contributed by atoms with van der Waals surface area (Å²) in [5.41, 5.74) is 1.77. The van der Waals surface area contributed by atoms with Gasteiger partial charge in [-0.05, 0) is 35.9 Å². The second-order valence-electron chi connectivity index (χ2n) is 4.58. The van der Waals surface area contributed by atoms with Crippen molar-refractivity contribution in [3.63, 3.8) is 0 Å². The summed E-state index contributed by atoms with van der Waals surface area (Å²) in [4.78, 5) is 0. The Balaban J connectivity index is 2.15. The van der Waals surface area contributed by atoms with Crippen LogP contribution in [0.15, 0.2) is 30.3 Å². The fourth-order valence-corrected chi connectivity index (χ4v) is 2.53. The highest BCUT2D eigenvalue weighted by Crippen LogP contribution is 2.36. The third-order valence-corrected chi connectivity index (χ3v) is 4.03. The van der Waals surface area contributed by atoms with E-state index in [2.05, 4.69) is 11.2 Å². The maximum absolute atomic E-state index is 6.24. The minimum absolute atomic E-state index is 0.122. The third-order valence-electron chi connectivity index (χ3n) is 3.01. The van der Waals surface area contributed by atoms with Crippen molar-refractivity contribution in [1.29, 1.82) is 0 Å². The molecule has 1 N–H and O–H groups in total. The lowest BCUT2D eigenvalue weighted by atomic mass is 10.2. The maximum Gasteiger partial charge on any atom is 0.181 e. The van der Waals surface area contributed by atoms with Crippen LogP contribution in [0.4, 0.5) is 5.69 Å². The molecule has 0 bridgehead atoms. The second-order valence-corrected chi connectivity index (χ2v) is 5.81. The van der Waals surface area contributed by atoms with Crippen molar-refractivity contribution >= 4 is 40.5 Å². The first kappa shape index (κ1) is 17.6. The van der Waals surface area contributed by atoms with Gasteiger partial charge in [0, 0.05) is 12.2 Å². The molecule has 0 saturated carbocycles. The molecule has 0 amide bonds. The Morgan fingerprint density at radius 1 is 1.09 bits per heavy atom. The van der Waals surface area contributed by atoms with E-state index in [-0.39, 0.29) is 6.61 Å². The number of nitrogens with one attached hydrogen (secondary N) is 1. The molecular weight excluding hydrogens is 357 g/mol. The van der Waals surface area contributed by atoms with Crippen LogP contribution >= 0.6 is 34.8 Å². The van der Waals surface area contributed by atoms with Gasteiger partial charge in [-0.25, -0.2) is 0 Å². The van der Waals surface area contributed by atoms with Crippen LogP contribution in [0.1, 0.15) is 5.56 Å². The van der Waals surface area contributed by atoms with E-state index in [4.69, 9.17) is 50.7 Å². The van der Waals surface area contributed by atoms with E-state index < -0.39 is 0 Å². The largest absolute Gasteiger partial charge is 0.493 e. The molecule has 2 rings (SSSR count). The predicted molar refractivity (Wildman–Crippen MR) is 96.1 cm³/mol. The van der Waals surface area contributed by atoms with Gasteiger partial charge in [0.2, 0.25) is 0 Å². The van der Waals surface area contributed by atoms with Crippen molar-refractivity contribution in [2.75, 3.05) is 19.0 Å². The summed E-state index contributed by atoms with van der Waals surface area (Å²) in [5, 5.41) is 4.68. The van der Waals surface area contributed by atoms with Crippen LogP contribution in [0.3, 0.4) is 0 Å². The van der Waals surface area contributed by atoms with Gasteiger partial charge in [0.05, 0.1) is 22.2 Å². The summed E-state index contributed by atoms with van der Waals surface area (Å²) in [7, 11) is 1.55. The smallest absolute Gasteiger partial charge is 0.181 e. The number of ether oxygens (including phenoxy) is 2. The molecule has 2 aromatic rings. The monoisotopic (exact) mass is 369 g/mol. The van der Waals surface area contributed by atoms with E-state index in [0.717, 1.165) is 11.3 Å². The summed E-state index contributed by atoms with van der Waals surface area (Å²) in [6.07, 6.45) is 5.19. The number of hydrogen-bond acceptors (Lipinski definition) is 3. The Labute approximate surface area is 150 Å². The van der Waals surface area contributed by atoms with Crippen molar-refractivity contribution in [1.82, 2.24) is 0 Å². The normalized spacial score (nSPS) is 10.0. The van der Waals surface area contributed by atoms with Crippen LogP contribution in [-0.4, -0.2) is 13.7 Å². The minimum atomic E-state index is 0.122. The van der Waals surface area contributed by atoms with E-state index in [1.807, 2.05) is 12.1 Å². The number of terminal acetylenes is 1. The number of anilines is 1. The van der Waals surface area contributed by atoms with Crippen molar-refractivity contribution in [2.24, 2.45) is 0 Å². The zero-order valence-electron chi connectivity index (χ0n) is 12.3. The SMILES string of the molecule is C#CCOc1c(Cl)cc(CNc2ccc(Cl)c(Cl)c2)cc1OC. The summed E-state index contributed by atoms with van der Waals surface area (Å²) < 4.78 is 10.7. The second kappa shape index (κ2) is 8.21. The minimum Gasteiger partial charge on any atom is -0.493 e. The van der Waals surface area contributed by atoms with Crippen molar-refractivity contribution < 1.29 is 9.47 Å². The summed E-state index contributed by atoms with van der Waals surface area (Å²) in [6.45, 7) is 0.653. The van der Waals surface area contributed by atoms with Gasteiger partial charge in [0.1, 0.15) is 6.61 Å². The fourth-order valence-electron chi connectivity index (χ4n) is 1.94. The Kier molecular flexibility index (Phi) is 6.29. The lowest BCUT2D eigenvalue weighted by Crippen LogP contribution is -2.02. The van der Waals surface area contributed by atoms with Crippen LogP contribution in [0.25, 0.3) is 0 Å². The van der Waals surface area contributed by atoms with Gasteiger partial charge in [-0.3, -0.25) is 0 Å². The molecule has 0 aromatic heterocycles. The number of rotatable bonds is 6. The molecule has 0 heterocycles. The first-order chi connectivity index (χ1) is 11.0. The highest BCUT2D eigenvalue weighted by Gasteiger charge is 2.12. The lowest BCUT2D eigenvalue weighted by Gasteiger charge is -2.14. The third kappa shape index (κ3) is 4.62. The van der Waals surface area contributed by atoms with Crippen LogP contribution in [-0.2, 0) is 6.54 Å². The van der Waals surface area contributed by atoms with E-state index in [1.54, 1.807) is 25.3 Å². The molecular formula is C17H14Cl3NO2. The van der Waals surface area contributed by atoms with Crippen LogP contribution in [0.2, 0.25) is 15.1 Å². The number of hydrogen-bond donors (Lipinski definition) is 1. The van der Waals surface area contributed by atoms with Gasteiger partial charge in [0.25, 0.3) is 0 Å². The Morgan fingerprint density at radius 2 is 1.87 bits per heavy atom. The van der Waals surface area contributed by atoms with E-state index in [9.17, 15) is 0 Å². The van der Waals surface area contributed by atoms with Gasteiger partial charge in [0.15, 0.2) is 11.5 Å². The standard InChI is InChI=1S/C17H14Cl3NO2/c1-3-6-23-17-15(20)7-11(8-16(17)22-2)10-21-12-4-5-13(18)14(19)9-12/h1,4-5,7-9,21H,6,10H2,2H3. The predicted octanol–water partition coefficient (Wildman–Crippen LogP) is 5.28. The zero-order chi connectivity index (χ0) is 16.8. The molecule has 0 saturated heterocycles. The molecule has 2 aromatic carbocycles. The van der Waals surface area contributed by atoms with Crippen molar-refractivity contribution in [3.05, 3.63) is 51.0 Å². The molecule has 0 aliphatic heterocycles. The van der Waals surface area contributed by atoms with Crippen LogP contribution in [0, 0.1) is 12.3 Å². The number of halogens is 3. The molecule has 0 spiro atoms. The molecule has 0 fully saturated rings. The van der Waals surface area contributed by atoms with Crippen LogP contribution in [0.5, 0.6) is 11.5 Å². The lowest BCUT2D eigenvalue weighted by molar-refractivity contribution is 0.331. The van der Waals surface area contributed by atoms with Crippen LogP contribution < -0.4 is 14.8 Å². The van der Waals surface area contributed by atoms with Gasteiger partial charge in [-0.2, -0.15) is 0 Å². The number of benzene rings is 2. The van der Waals surface area contributed by atoms with Gasteiger partial charge in [-0.15, -0.1) is 6.42 Å². The Morgan fingerprint density at radius 3 is 2.52 bits per heavy atom. The maximum atomic E-state index is 6.24. The molecule has 120 valence electrons. The molecule has 0 atom stereocenters. The number of methoxy groups -OCH3 is 1. The molecule has 0 radical (unpaired) electrons. The molecule has 6 heteroatoms. The first-order valence-corrected chi connectivity index (χ1v) is 7.80. The van der Waals surface area contributed by atoms with E-state index >= 15 is 0 Å². The average molecular weight is 371 g/mol. The molecule has 0 aliphatic carbocycles. The summed E-state index contributed by atoms with van der Waals surface area (Å²) in [5.74, 6) is 3.36. The molecule has 3 nitrogen and oxygen atoms in total. The van der Waals surface area contributed by atoms with Gasteiger partial charge >= 0.3 is 0 Å².